The van der Waals surface area contributed by atoms with Gasteiger partial charge in [0, 0.05) is 36.3 Å². The van der Waals surface area contributed by atoms with E-state index in [9.17, 15) is 0 Å². The Morgan fingerprint density at radius 2 is 1.39 bits per heavy atom. The van der Waals surface area contributed by atoms with Crippen molar-refractivity contribution in [3.8, 4) is 23.0 Å². The van der Waals surface area contributed by atoms with Crippen LogP contribution in [0, 0.1) is 0 Å². The predicted molar refractivity (Wildman–Crippen MR) is 126 cm³/mol. The number of imidazole rings is 1. The number of anilines is 1. The molecule has 0 unspecified atom stereocenters. The SMILES string of the molecule is COc1ccc(CN(Cc2ccc(OC)cc2OC)c2nnc(Cl)c3[nH]cnc23)c(OC)c1. The first-order valence-corrected chi connectivity index (χ1v) is 10.5. The van der Waals surface area contributed by atoms with Crippen LogP contribution in [-0.4, -0.2) is 48.6 Å². The van der Waals surface area contributed by atoms with Crippen LogP contribution in [0.15, 0.2) is 42.7 Å². The molecular formula is C23H24ClN5O4. The highest BCUT2D eigenvalue weighted by Crippen LogP contribution is 2.33. The zero-order valence-corrected chi connectivity index (χ0v) is 19.5. The minimum Gasteiger partial charge on any atom is -0.497 e. The van der Waals surface area contributed by atoms with E-state index in [1.54, 1.807) is 34.8 Å². The molecule has 2 aromatic heterocycles. The molecule has 0 bridgehead atoms. The largest absolute Gasteiger partial charge is 0.497 e. The second kappa shape index (κ2) is 9.83. The van der Waals surface area contributed by atoms with Crippen molar-refractivity contribution < 1.29 is 18.9 Å². The molecular weight excluding hydrogens is 446 g/mol. The quantitative estimate of drug-likeness (QED) is 0.389. The number of methoxy groups -OCH3 is 4. The van der Waals surface area contributed by atoms with E-state index in [2.05, 4.69) is 20.2 Å². The maximum Gasteiger partial charge on any atom is 0.180 e. The Hall–Kier alpha value is -3.72. The maximum absolute atomic E-state index is 6.23. The van der Waals surface area contributed by atoms with Gasteiger partial charge in [-0.05, 0) is 24.3 Å². The van der Waals surface area contributed by atoms with Gasteiger partial charge in [-0.3, -0.25) is 0 Å². The van der Waals surface area contributed by atoms with Crippen LogP contribution in [0.1, 0.15) is 11.1 Å². The van der Waals surface area contributed by atoms with Gasteiger partial charge in [0.25, 0.3) is 0 Å². The van der Waals surface area contributed by atoms with Gasteiger partial charge in [0.1, 0.15) is 34.0 Å². The zero-order valence-electron chi connectivity index (χ0n) is 18.8. The number of aromatic amines is 1. The Labute approximate surface area is 196 Å². The lowest BCUT2D eigenvalue weighted by atomic mass is 10.1. The molecule has 4 rings (SSSR count). The lowest BCUT2D eigenvalue weighted by Gasteiger charge is -2.26. The van der Waals surface area contributed by atoms with Crippen LogP contribution in [0.2, 0.25) is 5.15 Å². The molecule has 0 saturated heterocycles. The van der Waals surface area contributed by atoms with E-state index in [1.807, 2.05) is 41.3 Å². The van der Waals surface area contributed by atoms with Gasteiger partial charge in [0.15, 0.2) is 11.0 Å². The molecule has 0 aliphatic carbocycles. The van der Waals surface area contributed by atoms with Crippen molar-refractivity contribution in [2.24, 2.45) is 0 Å². The van der Waals surface area contributed by atoms with Crippen molar-refractivity contribution in [3.05, 3.63) is 59.0 Å². The van der Waals surface area contributed by atoms with Gasteiger partial charge in [-0.1, -0.05) is 11.6 Å². The third kappa shape index (κ3) is 4.58. The number of fused-ring (bicyclic) bond motifs is 1. The molecule has 9 nitrogen and oxygen atoms in total. The van der Waals surface area contributed by atoms with E-state index in [-0.39, 0.29) is 5.15 Å². The average molecular weight is 470 g/mol. The highest BCUT2D eigenvalue weighted by Gasteiger charge is 2.21. The standard InChI is InChI=1S/C23H24ClN5O4/c1-30-16-7-5-14(18(9-16)32-3)11-29(12-15-6-8-17(31-2)10-19(15)33-4)23-21-20(25-13-26-21)22(24)27-28-23/h5-10,13H,11-12H2,1-4H3,(H,25,26). The first-order valence-electron chi connectivity index (χ1n) is 10.1. The van der Waals surface area contributed by atoms with Crippen molar-refractivity contribution in [2.45, 2.75) is 13.1 Å². The van der Waals surface area contributed by atoms with Crippen molar-refractivity contribution in [3.63, 3.8) is 0 Å². The lowest BCUT2D eigenvalue weighted by Crippen LogP contribution is -2.24. The first-order chi connectivity index (χ1) is 16.1. The summed E-state index contributed by atoms with van der Waals surface area (Å²) in [5.41, 5.74) is 3.11. The first kappa shape index (κ1) is 22.5. The van der Waals surface area contributed by atoms with Crippen LogP contribution in [-0.2, 0) is 13.1 Å². The summed E-state index contributed by atoms with van der Waals surface area (Å²) in [6, 6.07) is 11.4. The molecule has 0 fully saturated rings. The minimum absolute atomic E-state index is 0.259. The Bertz CT molecular complexity index is 1210. The molecule has 4 aromatic rings. The number of H-pyrrole nitrogens is 1. The Morgan fingerprint density at radius 1 is 0.818 bits per heavy atom. The van der Waals surface area contributed by atoms with E-state index in [0.717, 1.165) is 11.1 Å². The average Bonchev–Trinajstić information content (AvgIpc) is 3.35. The summed E-state index contributed by atoms with van der Waals surface area (Å²) in [5.74, 6) is 3.38. The molecule has 10 heteroatoms. The highest BCUT2D eigenvalue weighted by molar-refractivity contribution is 6.33. The smallest absolute Gasteiger partial charge is 0.180 e. The Kier molecular flexibility index (Phi) is 6.69. The number of aromatic nitrogens is 4. The van der Waals surface area contributed by atoms with Crippen LogP contribution < -0.4 is 23.8 Å². The summed E-state index contributed by atoms with van der Waals surface area (Å²) in [6.07, 6.45) is 1.57. The molecule has 0 aliphatic heterocycles. The molecule has 0 aliphatic rings. The maximum atomic E-state index is 6.23. The Morgan fingerprint density at radius 3 is 1.91 bits per heavy atom. The summed E-state index contributed by atoms with van der Waals surface area (Å²) in [4.78, 5) is 9.51. The van der Waals surface area contributed by atoms with Crippen molar-refractivity contribution in [2.75, 3.05) is 33.3 Å². The number of halogens is 1. The van der Waals surface area contributed by atoms with Crippen molar-refractivity contribution in [1.82, 2.24) is 20.2 Å². The fourth-order valence-electron chi connectivity index (χ4n) is 3.60. The van der Waals surface area contributed by atoms with Gasteiger partial charge in [0.2, 0.25) is 0 Å². The van der Waals surface area contributed by atoms with Gasteiger partial charge in [-0.15, -0.1) is 10.2 Å². The van der Waals surface area contributed by atoms with Gasteiger partial charge in [-0.2, -0.15) is 0 Å². The molecule has 2 heterocycles. The van der Waals surface area contributed by atoms with Gasteiger partial charge >= 0.3 is 0 Å². The molecule has 0 spiro atoms. The normalized spacial score (nSPS) is 10.8. The monoisotopic (exact) mass is 469 g/mol. The molecule has 33 heavy (non-hydrogen) atoms. The van der Waals surface area contributed by atoms with E-state index in [1.165, 1.54) is 0 Å². The fourth-order valence-corrected chi connectivity index (χ4v) is 3.79. The van der Waals surface area contributed by atoms with Gasteiger partial charge < -0.3 is 28.8 Å². The number of nitrogens with one attached hydrogen (secondary N) is 1. The predicted octanol–water partition coefficient (Wildman–Crippen LogP) is 4.25. The van der Waals surface area contributed by atoms with Crippen molar-refractivity contribution in [1.29, 1.82) is 0 Å². The molecule has 0 atom stereocenters. The second-order valence-corrected chi connectivity index (χ2v) is 7.51. The van der Waals surface area contributed by atoms with Crippen LogP contribution in [0.5, 0.6) is 23.0 Å². The second-order valence-electron chi connectivity index (χ2n) is 7.15. The highest BCUT2D eigenvalue weighted by atomic mass is 35.5. The zero-order chi connectivity index (χ0) is 23.4. The number of rotatable bonds is 9. The molecule has 2 aromatic carbocycles. The molecule has 172 valence electrons. The molecule has 1 N–H and O–H groups in total. The summed E-state index contributed by atoms with van der Waals surface area (Å²) < 4.78 is 21.9. The van der Waals surface area contributed by atoms with Crippen LogP contribution >= 0.6 is 11.6 Å². The van der Waals surface area contributed by atoms with E-state index >= 15 is 0 Å². The molecule has 0 saturated carbocycles. The molecule has 0 radical (unpaired) electrons. The summed E-state index contributed by atoms with van der Waals surface area (Å²) in [7, 11) is 6.49. The topological polar surface area (TPSA) is 94.6 Å². The number of nitrogens with zero attached hydrogens (tertiary/aromatic N) is 4. The Balaban J connectivity index is 1.79. The van der Waals surface area contributed by atoms with Crippen LogP contribution in [0.3, 0.4) is 0 Å². The van der Waals surface area contributed by atoms with Gasteiger partial charge in [0.05, 0.1) is 34.8 Å². The third-order valence-electron chi connectivity index (χ3n) is 5.30. The van der Waals surface area contributed by atoms with Gasteiger partial charge in [-0.25, -0.2) is 4.98 Å². The van der Waals surface area contributed by atoms with Crippen molar-refractivity contribution >= 4 is 28.5 Å². The summed E-state index contributed by atoms with van der Waals surface area (Å²) in [6.45, 7) is 0.918. The van der Waals surface area contributed by atoms with Crippen LogP contribution in [0.4, 0.5) is 5.82 Å². The van der Waals surface area contributed by atoms with E-state index in [0.29, 0.717) is 52.9 Å². The fraction of sp³-hybridized carbons (Fsp3) is 0.261. The van der Waals surface area contributed by atoms with E-state index < -0.39 is 0 Å². The molecule has 0 amide bonds. The third-order valence-corrected chi connectivity index (χ3v) is 5.56. The summed E-state index contributed by atoms with van der Waals surface area (Å²) >= 11 is 6.23. The minimum atomic E-state index is 0.259. The number of benzene rings is 2. The number of ether oxygens (including phenoxy) is 4. The van der Waals surface area contributed by atoms with E-state index in [4.69, 9.17) is 30.5 Å². The number of hydrogen-bond acceptors (Lipinski definition) is 8. The van der Waals surface area contributed by atoms with Crippen LogP contribution in [0.25, 0.3) is 11.0 Å². The summed E-state index contributed by atoms with van der Waals surface area (Å²) in [5, 5.41) is 8.76. The number of hydrogen-bond donors (Lipinski definition) is 1. The lowest BCUT2D eigenvalue weighted by molar-refractivity contribution is 0.389.